The summed E-state index contributed by atoms with van der Waals surface area (Å²) in [5, 5.41) is 5.38. The van der Waals surface area contributed by atoms with Gasteiger partial charge >= 0.3 is 0 Å². The van der Waals surface area contributed by atoms with Crippen molar-refractivity contribution >= 4 is 47.0 Å². The van der Waals surface area contributed by atoms with Crippen LogP contribution in [0.2, 0.25) is 0 Å². The Bertz CT molecular complexity index is 674. The molecule has 1 N–H and O–H groups in total. The molecule has 0 aliphatic carbocycles. The smallest absolute Gasteiger partial charge is 0.193 e. The molecule has 2 rings (SSSR count). The van der Waals surface area contributed by atoms with Gasteiger partial charge in [-0.2, -0.15) is 0 Å². The molecule has 25 heavy (non-hydrogen) atoms. The first-order valence-electron chi connectivity index (χ1n) is 7.91. The highest BCUT2D eigenvalue weighted by molar-refractivity contribution is 14.0. The van der Waals surface area contributed by atoms with Gasteiger partial charge in [-0.15, -0.1) is 35.3 Å². The number of nitrogens with one attached hydrogen (secondary N) is 1. The number of likely N-dealkylation sites (N-methyl/N-ethyl adjacent to an activating group) is 1. The maximum Gasteiger partial charge on any atom is 0.193 e. The molecule has 0 unspecified atom stereocenters. The summed E-state index contributed by atoms with van der Waals surface area (Å²) in [5.74, 6) is 0.601. The third-order valence-corrected chi connectivity index (χ3v) is 4.73. The maximum atomic E-state index is 14.0. The number of anilines is 1. The van der Waals surface area contributed by atoms with Gasteiger partial charge in [0, 0.05) is 46.2 Å². The van der Waals surface area contributed by atoms with E-state index in [2.05, 4.69) is 32.7 Å². The van der Waals surface area contributed by atoms with Gasteiger partial charge in [-0.1, -0.05) is 12.1 Å². The van der Waals surface area contributed by atoms with Crippen molar-refractivity contribution in [2.75, 3.05) is 39.6 Å². The van der Waals surface area contributed by atoms with E-state index >= 15 is 0 Å². The second-order valence-corrected chi connectivity index (χ2v) is 6.86. The molecule has 0 saturated carbocycles. The standard InChI is InChI=1S/C18H25FN4S.HI/c1-20-18(23(4)10-9-15-6-5-11-24-15)21-13-14-7-8-17(22(2)3)16(19)12-14;/h5-8,11-12H,9-10,13H2,1-4H3,(H,20,21);1H. The molecule has 138 valence electrons. The summed E-state index contributed by atoms with van der Waals surface area (Å²) in [7, 11) is 7.44. The van der Waals surface area contributed by atoms with Crippen LogP contribution in [0.15, 0.2) is 40.7 Å². The summed E-state index contributed by atoms with van der Waals surface area (Å²) in [6.45, 7) is 1.43. The zero-order valence-corrected chi connectivity index (χ0v) is 18.3. The van der Waals surface area contributed by atoms with Crippen LogP contribution in [-0.2, 0) is 13.0 Å². The monoisotopic (exact) mass is 476 g/mol. The number of halogens is 2. The average Bonchev–Trinajstić information content (AvgIpc) is 3.06. The largest absolute Gasteiger partial charge is 0.375 e. The van der Waals surface area contributed by atoms with Crippen LogP contribution in [0.1, 0.15) is 10.4 Å². The van der Waals surface area contributed by atoms with Gasteiger partial charge < -0.3 is 15.1 Å². The molecule has 0 spiro atoms. The van der Waals surface area contributed by atoms with Crippen molar-refractivity contribution in [3.63, 3.8) is 0 Å². The zero-order valence-electron chi connectivity index (χ0n) is 15.1. The first kappa shape index (κ1) is 21.7. The van der Waals surface area contributed by atoms with Crippen molar-refractivity contribution in [2.24, 2.45) is 4.99 Å². The van der Waals surface area contributed by atoms with E-state index in [1.807, 2.05) is 27.2 Å². The minimum atomic E-state index is -0.208. The number of hydrogen-bond donors (Lipinski definition) is 1. The zero-order chi connectivity index (χ0) is 17.5. The third kappa shape index (κ3) is 6.47. The molecule has 4 nitrogen and oxygen atoms in total. The Morgan fingerprint density at radius 1 is 1.24 bits per heavy atom. The Hall–Kier alpha value is -1.35. The van der Waals surface area contributed by atoms with Crippen molar-refractivity contribution in [1.29, 1.82) is 0 Å². The summed E-state index contributed by atoms with van der Waals surface area (Å²) in [6.07, 6.45) is 0.987. The number of aliphatic imine (C=N–C) groups is 1. The first-order valence-corrected chi connectivity index (χ1v) is 8.79. The second-order valence-electron chi connectivity index (χ2n) is 5.83. The van der Waals surface area contributed by atoms with Crippen LogP contribution in [0.4, 0.5) is 10.1 Å². The van der Waals surface area contributed by atoms with Crippen molar-refractivity contribution in [3.8, 4) is 0 Å². The van der Waals surface area contributed by atoms with Gasteiger partial charge in [0.1, 0.15) is 5.82 Å². The first-order chi connectivity index (χ1) is 11.5. The topological polar surface area (TPSA) is 30.9 Å². The SMILES string of the molecule is CN=C(NCc1ccc(N(C)C)c(F)c1)N(C)CCc1cccs1.I. The van der Waals surface area contributed by atoms with E-state index in [4.69, 9.17) is 0 Å². The van der Waals surface area contributed by atoms with E-state index < -0.39 is 0 Å². The molecular formula is C18H26FIN4S. The lowest BCUT2D eigenvalue weighted by Crippen LogP contribution is -2.39. The summed E-state index contributed by atoms with van der Waals surface area (Å²) in [5.41, 5.74) is 1.49. The van der Waals surface area contributed by atoms with Crippen molar-refractivity contribution in [3.05, 3.63) is 52.0 Å². The summed E-state index contributed by atoms with van der Waals surface area (Å²) in [4.78, 5) is 9.52. The van der Waals surface area contributed by atoms with Gasteiger partial charge in [-0.3, -0.25) is 4.99 Å². The Labute approximate surface area is 170 Å². The predicted octanol–water partition coefficient (Wildman–Crippen LogP) is 3.82. The van der Waals surface area contributed by atoms with E-state index in [0.29, 0.717) is 12.2 Å². The Morgan fingerprint density at radius 3 is 2.56 bits per heavy atom. The summed E-state index contributed by atoms with van der Waals surface area (Å²) >= 11 is 1.77. The number of thiophene rings is 1. The number of hydrogen-bond acceptors (Lipinski definition) is 3. The maximum absolute atomic E-state index is 14.0. The predicted molar refractivity (Wildman–Crippen MR) is 117 cm³/mol. The van der Waals surface area contributed by atoms with Crippen LogP contribution in [0.25, 0.3) is 0 Å². The molecule has 2 aromatic rings. The van der Waals surface area contributed by atoms with Crippen LogP contribution < -0.4 is 10.2 Å². The molecule has 1 aromatic heterocycles. The highest BCUT2D eigenvalue weighted by Crippen LogP contribution is 2.18. The van der Waals surface area contributed by atoms with Crippen LogP contribution in [0.3, 0.4) is 0 Å². The van der Waals surface area contributed by atoms with Crippen molar-refractivity contribution in [1.82, 2.24) is 10.2 Å². The van der Waals surface area contributed by atoms with Gasteiger partial charge in [0.25, 0.3) is 0 Å². The fraction of sp³-hybridized carbons (Fsp3) is 0.389. The molecule has 1 aromatic carbocycles. The van der Waals surface area contributed by atoms with Gasteiger partial charge in [0.15, 0.2) is 5.96 Å². The van der Waals surface area contributed by atoms with Crippen molar-refractivity contribution in [2.45, 2.75) is 13.0 Å². The number of nitrogens with zero attached hydrogens (tertiary/aromatic N) is 3. The van der Waals surface area contributed by atoms with Crippen LogP contribution >= 0.6 is 35.3 Å². The summed E-state index contributed by atoms with van der Waals surface area (Å²) in [6, 6.07) is 9.52. The van der Waals surface area contributed by atoms with Gasteiger partial charge in [0.05, 0.1) is 5.69 Å². The van der Waals surface area contributed by atoms with Gasteiger partial charge in [-0.05, 0) is 35.6 Å². The summed E-state index contributed by atoms with van der Waals surface area (Å²) < 4.78 is 14.0. The molecule has 0 atom stereocenters. The minimum absolute atomic E-state index is 0. The fourth-order valence-electron chi connectivity index (χ4n) is 2.43. The third-order valence-electron chi connectivity index (χ3n) is 3.79. The van der Waals surface area contributed by atoms with Crippen LogP contribution in [0.5, 0.6) is 0 Å². The number of benzene rings is 1. The highest BCUT2D eigenvalue weighted by Gasteiger charge is 2.08. The second kappa shape index (κ2) is 10.6. The Kier molecular flexibility index (Phi) is 9.20. The lowest BCUT2D eigenvalue weighted by Gasteiger charge is -2.22. The van der Waals surface area contributed by atoms with E-state index in [1.165, 1.54) is 4.88 Å². The molecular weight excluding hydrogens is 450 g/mol. The van der Waals surface area contributed by atoms with Crippen molar-refractivity contribution < 1.29 is 4.39 Å². The molecule has 0 saturated heterocycles. The molecule has 7 heteroatoms. The van der Waals surface area contributed by atoms with E-state index in [1.54, 1.807) is 35.4 Å². The average molecular weight is 476 g/mol. The number of rotatable bonds is 6. The molecule has 0 amide bonds. The molecule has 1 heterocycles. The lowest BCUT2D eigenvalue weighted by molar-refractivity contribution is 0.486. The fourth-order valence-corrected chi connectivity index (χ4v) is 3.13. The van der Waals surface area contributed by atoms with E-state index in [-0.39, 0.29) is 29.8 Å². The minimum Gasteiger partial charge on any atom is -0.375 e. The van der Waals surface area contributed by atoms with Gasteiger partial charge in [-0.25, -0.2) is 4.39 Å². The molecule has 0 bridgehead atoms. The quantitative estimate of drug-likeness (QED) is 0.391. The molecule has 0 aliphatic heterocycles. The lowest BCUT2D eigenvalue weighted by atomic mass is 10.2. The Balaban J connectivity index is 0.00000312. The van der Waals surface area contributed by atoms with Gasteiger partial charge in [0.2, 0.25) is 0 Å². The normalized spacial score (nSPS) is 11.0. The van der Waals surface area contributed by atoms with Crippen LogP contribution in [-0.4, -0.2) is 45.6 Å². The van der Waals surface area contributed by atoms with E-state index in [0.717, 1.165) is 24.5 Å². The molecule has 0 radical (unpaired) electrons. The Morgan fingerprint density at radius 2 is 2.00 bits per heavy atom. The van der Waals surface area contributed by atoms with E-state index in [9.17, 15) is 4.39 Å². The number of guanidine groups is 1. The molecule has 0 fully saturated rings. The molecule has 0 aliphatic rings. The highest BCUT2D eigenvalue weighted by atomic mass is 127. The van der Waals surface area contributed by atoms with Crippen LogP contribution in [0, 0.1) is 5.82 Å².